The molecule has 0 radical (unpaired) electrons. The van der Waals surface area contributed by atoms with E-state index in [0.29, 0.717) is 12.6 Å². The van der Waals surface area contributed by atoms with Crippen LogP contribution in [0, 0.1) is 17.8 Å². The van der Waals surface area contributed by atoms with Crippen LogP contribution in [0.3, 0.4) is 0 Å². The first-order valence-corrected chi connectivity index (χ1v) is 7.41. The maximum Gasteiger partial charge on any atom is 0.221 e. The number of carbonyl (C=O) groups is 1. The second kappa shape index (κ2) is 7.26. The van der Waals surface area contributed by atoms with E-state index in [9.17, 15) is 4.79 Å². The number of hydrogen-bond acceptors (Lipinski definition) is 3. The van der Waals surface area contributed by atoms with Gasteiger partial charge in [-0.05, 0) is 37.5 Å². The molecule has 1 aromatic carbocycles. The number of likely N-dealkylation sites (tertiary alicyclic amines) is 1. The Morgan fingerprint density at radius 3 is 2.95 bits per heavy atom. The third-order valence-electron chi connectivity index (χ3n) is 4.06. The first kappa shape index (κ1) is 15.6. The van der Waals surface area contributed by atoms with Crippen LogP contribution in [0.5, 0.6) is 0 Å². The monoisotopic (exact) mass is 285 g/mol. The van der Waals surface area contributed by atoms with Crippen LogP contribution < -0.4 is 11.5 Å². The van der Waals surface area contributed by atoms with Crippen LogP contribution in [0.15, 0.2) is 24.3 Å². The summed E-state index contributed by atoms with van der Waals surface area (Å²) in [6.45, 7) is 4.14. The van der Waals surface area contributed by atoms with Gasteiger partial charge in [-0.15, -0.1) is 0 Å². The van der Waals surface area contributed by atoms with E-state index in [4.69, 9.17) is 11.5 Å². The van der Waals surface area contributed by atoms with Crippen LogP contribution in [0.25, 0.3) is 0 Å². The maximum atomic E-state index is 11.4. The Labute approximate surface area is 126 Å². The van der Waals surface area contributed by atoms with Gasteiger partial charge in [-0.1, -0.05) is 24.0 Å². The highest BCUT2D eigenvalue weighted by molar-refractivity contribution is 5.77. The van der Waals surface area contributed by atoms with Crippen molar-refractivity contribution in [1.82, 2.24) is 4.90 Å². The molecule has 21 heavy (non-hydrogen) atoms. The highest BCUT2D eigenvalue weighted by Crippen LogP contribution is 2.23. The van der Waals surface area contributed by atoms with Crippen molar-refractivity contribution in [2.24, 2.45) is 17.4 Å². The van der Waals surface area contributed by atoms with Gasteiger partial charge in [0.1, 0.15) is 0 Å². The highest BCUT2D eigenvalue weighted by atomic mass is 16.1. The minimum atomic E-state index is -0.186. The molecule has 0 spiro atoms. The molecule has 1 aromatic rings. The van der Waals surface area contributed by atoms with Crippen molar-refractivity contribution in [3.05, 3.63) is 35.4 Å². The van der Waals surface area contributed by atoms with Crippen LogP contribution in [0.2, 0.25) is 0 Å². The molecule has 112 valence electrons. The molecule has 2 rings (SSSR count). The summed E-state index contributed by atoms with van der Waals surface area (Å²) >= 11 is 0. The quantitative estimate of drug-likeness (QED) is 0.816. The zero-order valence-corrected chi connectivity index (χ0v) is 12.5. The largest absolute Gasteiger partial charge is 0.369 e. The average molecular weight is 285 g/mol. The fourth-order valence-electron chi connectivity index (χ4n) is 2.77. The summed E-state index contributed by atoms with van der Waals surface area (Å²) in [4.78, 5) is 13.7. The van der Waals surface area contributed by atoms with E-state index >= 15 is 0 Å². The first-order chi connectivity index (χ1) is 10.1. The lowest BCUT2D eigenvalue weighted by Gasteiger charge is -2.36. The fraction of sp³-hybridized carbons (Fsp3) is 0.471. The molecule has 4 heteroatoms. The Hall–Kier alpha value is -1.83. The zero-order valence-electron chi connectivity index (χ0n) is 12.5. The van der Waals surface area contributed by atoms with Crippen LogP contribution in [-0.4, -0.2) is 29.9 Å². The third kappa shape index (κ3) is 4.32. The fourth-order valence-corrected chi connectivity index (χ4v) is 2.77. The number of amides is 1. The Kier molecular flexibility index (Phi) is 5.38. The molecule has 0 aromatic heterocycles. The zero-order chi connectivity index (χ0) is 15.2. The number of rotatable bonds is 3. The molecule has 2 atom stereocenters. The molecule has 1 fully saturated rings. The molecule has 2 unspecified atom stereocenters. The summed E-state index contributed by atoms with van der Waals surface area (Å²) in [7, 11) is 0. The van der Waals surface area contributed by atoms with Crippen molar-refractivity contribution in [1.29, 1.82) is 0 Å². The average Bonchev–Trinajstić information content (AvgIpc) is 2.47. The highest BCUT2D eigenvalue weighted by Gasteiger charge is 2.28. The number of nitrogens with zero attached hydrogens (tertiary/aromatic N) is 1. The van der Waals surface area contributed by atoms with Gasteiger partial charge in [-0.3, -0.25) is 9.69 Å². The molecule has 1 aliphatic rings. The maximum absolute atomic E-state index is 11.4. The van der Waals surface area contributed by atoms with Gasteiger partial charge in [0.25, 0.3) is 0 Å². The Morgan fingerprint density at radius 2 is 2.24 bits per heavy atom. The first-order valence-electron chi connectivity index (χ1n) is 7.41. The molecule has 0 saturated carbocycles. The molecule has 1 aliphatic heterocycles. The van der Waals surface area contributed by atoms with Gasteiger partial charge in [0.2, 0.25) is 5.91 Å². The van der Waals surface area contributed by atoms with Gasteiger partial charge in [-0.2, -0.15) is 0 Å². The lowest BCUT2D eigenvalue weighted by atomic mass is 9.92. The summed E-state index contributed by atoms with van der Waals surface area (Å²) in [6.07, 6.45) is 1.91. The van der Waals surface area contributed by atoms with Gasteiger partial charge < -0.3 is 11.5 Å². The summed E-state index contributed by atoms with van der Waals surface area (Å²) < 4.78 is 0. The number of carbonyl (C=O) groups excluding carboxylic acids is 1. The van der Waals surface area contributed by atoms with E-state index < -0.39 is 0 Å². The van der Waals surface area contributed by atoms with E-state index in [2.05, 4.69) is 35.8 Å². The predicted octanol–water partition coefficient (Wildman–Crippen LogP) is 1.08. The standard InChI is InChI=1S/C17H23N3O/c1-13-7-8-16(17(19)21)12-20(13)11-15-5-2-4-14(10-15)6-3-9-18/h2,4-5,10,13,16H,7-9,11-12,18H2,1H3,(H2,19,21). The van der Waals surface area contributed by atoms with E-state index in [1.807, 2.05) is 12.1 Å². The van der Waals surface area contributed by atoms with Crippen molar-refractivity contribution in [3.8, 4) is 11.8 Å². The van der Waals surface area contributed by atoms with Crippen molar-refractivity contribution in [2.75, 3.05) is 13.1 Å². The van der Waals surface area contributed by atoms with Crippen LogP contribution in [0.1, 0.15) is 30.9 Å². The SMILES string of the molecule is CC1CCC(C(N)=O)CN1Cc1cccc(C#CCN)c1. The summed E-state index contributed by atoms with van der Waals surface area (Å²) in [5, 5.41) is 0. The number of primary amides is 1. The van der Waals surface area contributed by atoms with Crippen LogP contribution >= 0.6 is 0 Å². The van der Waals surface area contributed by atoms with Crippen LogP contribution in [0.4, 0.5) is 0 Å². The van der Waals surface area contributed by atoms with E-state index in [-0.39, 0.29) is 11.8 Å². The van der Waals surface area contributed by atoms with Crippen molar-refractivity contribution >= 4 is 5.91 Å². The number of benzene rings is 1. The second-order valence-electron chi connectivity index (χ2n) is 5.66. The minimum Gasteiger partial charge on any atom is -0.369 e. The summed E-state index contributed by atoms with van der Waals surface area (Å²) in [5.74, 6) is 5.71. The molecule has 4 N–H and O–H groups in total. The lowest BCUT2D eigenvalue weighted by molar-refractivity contribution is -0.124. The summed E-state index contributed by atoms with van der Waals surface area (Å²) in [6, 6.07) is 8.64. The van der Waals surface area contributed by atoms with Gasteiger partial charge in [0.05, 0.1) is 12.5 Å². The molecule has 1 heterocycles. The molecule has 0 bridgehead atoms. The number of piperidine rings is 1. The second-order valence-corrected chi connectivity index (χ2v) is 5.66. The van der Waals surface area contributed by atoms with Gasteiger partial charge in [0, 0.05) is 24.7 Å². The van der Waals surface area contributed by atoms with Gasteiger partial charge in [-0.25, -0.2) is 0 Å². The smallest absolute Gasteiger partial charge is 0.221 e. The normalized spacial score (nSPS) is 22.4. The van der Waals surface area contributed by atoms with Crippen molar-refractivity contribution in [3.63, 3.8) is 0 Å². The van der Waals surface area contributed by atoms with Crippen LogP contribution in [-0.2, 0) is 11.3 Å². The van der Waals surface area contributed by atoms with Gasteiger partial charge in [0.15, 0.2) is 0 Å². The van der Waals surface area contributed by atoms with E-state index in [1.54, 1.807) is 0 Å². The number of hydrogen-bond donors (Lipinski definition) is 2. The third-order valence-corrected chi connectivity index (χ3v) is 4.06. The predicted molar refractivity (Wildman–Crippen MR) is 84.2 cm³/mol. The lowest BCUT2D eigenvalue weighted by Crippen LogP contribution is -2.45. The molecule has 1 saturated heterocycles. The van der Waals surface area contributed by atoms with Gasteiger partial charge >= 0.3 is 0 Å². The Morgan fingerprint density at radius 1 is 1.43 bits per heavy atom. The minimum absolute atomic E-state index is 0.0265. The Bertz CT molecular complexity index is 559. The van der Waals surface area contributed by atoms with Crippen molar-refractivity contribution < 1.29 is 4.79 Å². The molecule has 4 nitrogen and oxygen atoms in total. The van der Waals surface area contributed by atoms with Crippen molar-refractivity contribution in [2.45, 2.75) is 32.4 Å². The molecular formula is C17H23N3O. The molecule has 0 aliphatic carbocycles. The topological polar surface area (TPSA) is 72.4 Å². The Balaban J connectivity index is 2.07. The number of nitrogens with two attached hydrogens (primary N) is 2. The molecule has 1 amide bonds. The molecular weight excluding hydrogens is 262 g/mol. The van der Waals surface area contributed by atoms with E-state index in [0.717, 1.165) is 31.5 Å². The summed E-state index contributed by atoms with van der Waals surface area (Å²) in [5.41, 5.74) is 13.0. The van der Waals surface area contributed by atoms with E-state index in [1.165, 1.54) is 5.56 Å².